The molecule has 0 aliphatic heterocycles. The number of phenolic OH excluding ortho intramolecular Hbond substituents is 1. The summed E-state index contributed by atoms with van der Waals surface area (Å²) in [4.78, 5) is 16.4. The van der Waals surface area contributed by atoms with Crippen molar-refractivity contribution in [2.75, 3.05) is 6.61 Å². The van der Waals surface area contributed by atoms with E-state index >= 15 is 0 Å². The number of unbranched alkanes of at least 4 members (excludes halogenated alkanes) is 2. The number of nitrogens with zero attached hydrogens (tertiary/aromatic N) is 1. The Hall–Kier alpha value is -2.36. The monoisotopic (exact) mass is 313 g/mol. The van der Waals surface area contributed by atoms with Crippen molar-refractivity contribution in [1.29, 1.82) is 0 Å². The second-order valence-electron chi connectivity index (χ2n) is 5.48. The Morgan fingerprint density at radius 1 is 1.22 bits per heavy atom. The minimum absolute atomic E-state index is 0.0241. The smallest absolute Gasteiger partial charge is 0.166 e. The van der Waals surface area contributed by atoms with E-state index < -0.39 is 0 Å². The molecule has 0 saturated carbocycles. The maximum Gasteiger partial charge on any atom is 0.166 e. The lowest BCUT2D eigenvalue weighted by atomic mass is 10.0. The molecule has 1 aromatic heterocycles. The van der Waals surface area contributed by atoms with E-state index in [2.05, 4.69) is 11.9 Å². The van der Waals surface area contributed by atoms with Gasteiger partial charge in [0, 0.05) is 24.4 Å². The van der Waals surface area contributed by atoms with Gasteiger partial charge >= 0.3 is 0 Å². The van der Waals surface area contributed by atoms with Crippen LogP contribution in [0.3, 0.4) is 0 Å². The van der Waals surface area contributed by atoms with Crippen LogP contribution in [0.5, 0.6) is 11.5 Å². The van der Waals surface area contributed by atoms with E-state index in [4.69, 9.17) is 4.74 Å². The zero-order valence-electron chi connectivity index (χ0n) is 13.5. The van der Waals surface area contributed by atoms with Gasteiger partial charge in [-0.3, -0.25) is 9.78 Å². The van der Waals surface area contributed by atoms with Gasteiger partial charge in [-0.25, -0.2) is 0 Å². The predicted molar refractivity (Wildman–Crippen MR) is 90.0 cm³/mol. The van der Waals surface area contributed by atoms with Gasteiger partial charge in [-0.2, -0.15) is 0 Å². The number of hydrogen-bond donors (Lipinski definition) is 1. The second-order valence-corrected chi connectivity index (χ2v) is 5.48. The summed E-state index contributed by atoms with van der Waals surface area (Å²) in [5.41, 5.74) is 1.21. The number of aromatic nitrogens is 1. The van der Waals surface area contributed by atoms with Crippen LogP contribution in [0.25, 0.3) is 0 Å². The Morgan fingerprint density at radius 2 is 2.09 bits per heavy atom. The minimum atomic E-state index is -0.0920. The highest BCUT2D eigenvalue weighted by Gasteiger charge is 2.12. The number of aryl methyl sites for hydroxylation is 1. The van der Waals surface area contributed by atoms with Crippen molar-refractivity contribution in [2.24, 2.45) is 0 Å². The van der Waals surface area contributed by atoms with E-state index in [0.29, 0.717) is 30.8 Å². The van der Waals surface area contributed by atoms with Crippen molar-refractivity contribution < 1.29 is 14.6 Å². The van der Waals surface area contributed by atoms with Crippen molar-refractivity contribution in [3.63, 3.8) is 0 Å². The lowest BCUT2D eigenvalue weighted by Crippen LogP contribution is -2.03. The third-order valence-corrected chi connectivity index (χ3v) is 3.62. The van der Waals surface area contributed by atoms with Crippen LogP contribution in [0.4, 0.5) is 0 Å². The molecule has 0 spiro atoms. The Bertz CT molecular complexity index is 626. The normalized spacial score (nSPS) is 10.5. The molecule has 2 aromatic rings. The number of phenols is 1. The van der Waals surface area contributed by atoms with Gasteiger partial charge in [-0.05, 0) is 37.1 Å². The summed E-state index contributed by atoms with van der Waals surface area (Å²) in [5.74, 6) is 0.481. The molecule has 0 aliphatic rings. The fourth-order valence-electron chi connectivity index (χ4n) is 2.30. The average molecular weight is 313 g/mol. The van der Waals surface area contributed by atoms with Crippen molar-refractivity contribution in [3.8, 4) is 11.5 Å². The van der Waals surface area contributed by atoms with E-state index in [1.165, 1.54) is 6.07 Å². The first kappa shape index (κ1) is 17.0. The summed E-state index contributed by atoms with van der Waals surface area (Å²) < 4.78 is 5.57. The van der Waals surface area contributed by atoms with Gasteiger partial charge in [0.25, 0.3) is 0 Å². The van der Waals surface area contributed by atoms with Gasteiger partial charge in [0.2, 0.25) is 0 Å². The van der Waals surface area contributed by atoms with E-state index in [9.17, 15) is 9.90 Å². The number of carbonyl (C=O) groups is 1. The Labute approximate surface area is 137 Å². The van der Waals surface area contributed by atoms with Crippen LogP contribution in [0, 0.1) is 0 Å². The number of pyridine rings is 1. The lowest BCUT2D eigenvalue weighted by molar-refractivity contribution is 0.0980. The molecule has 0 saturated heterocycles. The molecule has 4 heteroatoms. The maximum absolute atomic E-state index is 12.2. The van der Waals surface area contributed by atoms with Gasteiger partial charge in [-0.1, -0.05) is 25.8 Å². The first-order valence-electron chi connectivity index (χ1n) is 8.09. The Balaban J connectivity index is 1.90. The summed E-state index contributed by atoms with van der Waals surface area (Å²) in [7, 11) is 0. The molecule has 1 heterocycles. The summed E-state index contributed by atoms with van der Waals surface area (Å²) in [6, 6.07) is 10.5. The molecule has 1 aromatic carbocycles. The number of aromatic hydroxyl groups is 1. The van der Waals surface area contributed by atoms with Gasteiger partial charge in [-0.15, -0.1) is 0 Å². The molecule has 1 N–H and O–H groups in total. The number of hydrogen-bond acceptors (Lipinski definition) is 4. The molecule has 0 aliphatic carbocycles. The largest absolute Gasteiger partial charge is 0.507 e. The van der Waals surface area contributed by atoms with E-state index in [-0.39, 0.29) is 11.5 Å². The van der Waals surface area contributed by atoms with Gasteiger partial charge in [0.15, 0.2) is 5.78 Å². The number of ether oxygens (including phenoxy) is 1. The molecule has 0 radical (unpaired) electrons. The minimum Gasteiger partial charge on any atom is -0.507 e. The third-order valence-electron chi connectivity index (χ3n) is 3.62. The molecular weight excluding hydrogens is 290 g/mol. The highest BCUT2D eigenvalue weighted by Crippen LogP contribution is 2.25. The van der Waals surface area contributed by atoms with Crippen LogP contribution in [0.1, 0.15) is 48.7 Å². The zero-order chi connectivity index (χ0) is 16.5. The fraction of sp³-hybridized carbons (Fsp3) is 0.368. The fourth-order valence-corrected chi connectivity index (χ4v) is 2.30. The van der Waals surface area contributed by atoms with Crippen LogP contribution in [0.2, 0.25) is 0 Å². The SMILES string of the molecule is CCCCCOc1ccc(C(=O)CCc2ccccn2)c(O)c1. The zero-order valence-corrected chi connectivity index (χ0v) is 13.5. The van der Waals surface area contributed by atoms with Crippen molar-refractivity contribution in [3.05, 3.63) is 53.9 Å². The van der Waals surface area contributed by atoms with Crippen LogP contribution in [-0.4, -0.2) is 22.5 Å². The molecule has 2 rings (SSSR count). The first-order chi connectivity index (χ1) is 11.2. The van der Waals surface area contributed by atoms with Crippen molar-refractivity contribution in [1.82, 2.24) is 4.98 Å². The van der Waals surface area contributed by atoms with Gasteiger partial charge < -0.3 is 9.84 Å². The van der Waals surface area contributed by atoms with Crippen LogP contribution >= 0.6 is 0 Å². The highest BCUT2D eigenvalue weighted by atomic mass is 16.5. The molecule has 4 nitrogen and oxygen atoms in total. The summed E-state index contributed by atoms with van der Waals surface area (Å²) >= 11 is 0. The number of carbonyl (C=O) groups excluding carboxylic acids is 1. The lowest BCUT2D eigenvalue weighted by Gasteiger charge is -2.09. The molecule has 0 atom stereocenters. The molecular formula is C19H23NO3. The Morgan fingerprint density at radius 3 is 2.78 bits per heavy atom. The summed E-state index contributed by atoms with van der Waals surface area (Å²) in [6.45, 7) is 2.76. The van der Waals surface area contributed by atoms with Crippen LogP contribution < -0.4 is 4.74 Å². The van der Waals surface area contributed by atoms with E-state index in [0.717, 1.165) is 25.0 Å². The molecule has 0 unspecified atom stereocenters. The standard InChI is InChI=1S/C19H23NO3/c1-2-3-6-13-23-16-9-10-17(19(22)14-16)18(21)11-8-15-7-4-5-12-20-15/h4-5,7,9-10,12,14,22H,2-3,6,8,11,13H2,1H3. The molecule has 23 heavy (non-hydrogen) atoms. The number of Topliss-reactive ketones (excluding diaryl/α,β-unsaturated/α-hetero) is 1. The third kappa shape index (κ3) is 5.40. The molecule has 122 valence electrons. The summed E-state index contributed by atoms with van der Waals surface area (Å²) in [5, 5.41) is 10.0. The van der Waals surface area contributed by atoms with E-state index in [1.54, 1.807) is 18.3 Å². The predicted octanol–water partition coefficient (Wildman–Crippen LogP) is 4.17. The first-order valence-corrected chi connectivity index (χ1v) is 8.09. The quantitative estimate of drug-likeness (QED) is 0.557. The van der Waals surface area contributed by atoms with Crippen molar-refractivity contribution >= 4 is 5.78 Å². The van der Waals surface area contributed by atoms with Gasteiger partial charge in [0.05, 0.1) is 12.2 Å². The van der Waals surface area contributed by atoms with Crippen LogP contribution in [-0.2, 0) is 6.42 Å². The molecule has 0 fully saturated rings. The van der Waals surface area contributed by atoms with E-state index in [1.807, 2.05) is 18.2 Å². The number of rotatable bonds is 9. The number of benzene rings is 1. The topological polar surface area (TPSA) is 59.4 Å². The van der Waals surface area contributed by atoms with Crippen LogP contribution in [0.15, 0.2) is 42.6 Å². The number of ketones is 1. The molecule has 0 amide bonds. The second kappa shape index (κ2) is 8.93. The Kier molecular flexibility index (Phi) is 6.60. The van der Waals surface area contributed by atoms with Crippen molar-refractivity contribution in [2.45, 2.75) is 39.0 Å². The summed E-state index contributed by atoms with van der Waals surface area (Å²) in [6.07, 6.45) is 5.84. The van der Waals surface area contributed by atoms with Gasteiger partial charge in [0.1, 0.15) is 11.5 Å². The average Bonchev–Trinajstić information content (AvgIpc) is 2.58. The molecule has 0 bridgehead atoms. The maximum atomic E-state index is 12.2. The highest BCUT2D eigenvalue weighted by molar-refractivity contribution is 5.98.